The van der Waals surface area contributed by atoms with E-state index in [0.29, 0.717) is 17.0 Å². The Labute approximate surface area is 155 Å². The summed E-state index contributed by atoms with van der Waals surface area (Å²) in [6.07, 6.45) is 10.9. The standard InChI is InChI=1S/C21H33BrO2/c1-20(24)9-7-14-13(11-20)3-4-16-15(14)8-10-21(2)17(16)5-6-18(21)19(23)12-22/h13-18,24H,3-12H2,1-2H3/t13?,14?,15?,16?,17?,18?,20-,21+/m1/s1. The zero-order valence-electron chi connectivity index (χ0n) is 15.3. The first-order chi connectivity index (χ1) is 11.4. The molecule has 0 aromatic carbocycles. The number of hydrogen-bond donors (Lipinski definition) is 1. The molecule has 4 saturated carbocycles. The van der Waals surface area contributed by atoms with Crippen LogP contribution in [-0.4, -0.2) is 21.8 Å². The highest BCUT2D eigenvalue weighted by molar-refractivity contribution is 9.09. The minimum Gasteiger partial charge on any atom is -0.390 e. The minimum absolute atomic E-state index is 0.263. The van der Waals surface area contributed by atoms with Gasteiger partial charge < -0.3 is 5.11 Å². The Morgan fingerprint density at radius 3 is 2.50 bits per heavy atom. The Kier molecular flexibility index (Phi) is 4.44. The van der Waals surface area contributed by atoms with Gasteiger partial charge in [0.1, 0.15) is 5.78 Å². The molecule has 0 aliphatic heterocycles. The van der Waals surface area contributed by atoms with Gasteiger partial charge >= 0.3 is 0 Å². The van der Waals surface area contributed by atoms with E-state index in [0.717, 1.165) is 48.9 Å². The molecule has 4 fully saturated rings. The average Bonchev–Trinajstić information content (AvgIpc) is 2.90. The second-order valence-corrected chi connectivity index (χ2v) is 10.5. The van der Waals surface area contributed by atoms with Crippen molar-refractivity contribution in [1.29, 1.82) is 0 Å². The Hall–Kier alpha value is 0.110. The molecule has 4 aliphatic rings. The van der Waals surface area contributed by atoms with Crippen LogP contribution in [0.4, 0.5) is 0 Å². The maximum Gasteiger partial charge on any atom is 0.147 e. The average molecular weight is 397 g/mol. The summed E-state index contributed by atoms with van der Waals surface area (Å²) in [4.78, 5) is 12.5. The van der Waals surface area contributed by atoms with E-state index in [-0.39, 0.29) is 5.41 Å². The quantitative estimate of drug-likeness (QED) is 0.668. The summed E-state index contributed by atoms with van der Waals surface area (Å²) >= 11 is 3.42. The van der Waals surface area contributed by atoms with Crippen LogP contribution in [0.2, 0.25) is 0 Å². The monoisotopic (exact) mass is 396 g/mol. The van der Waals surface area contributed by atoms with Gasteiger partial charge in [0.2, 0.25) is 0 Å². The van der Waals surface area contributed by atoms with Gasteiger partial charge in [0.25, 0.3) is 0 Å². The lowest BCUT2D eigenvalue weighted by Gasteiger charge is -2.56. The number of aliphatic hydroxyl groups is 1. The highest BCUT2D eigenvalue weighted by atomic mass is 79.9. The highest BCUT2D eigenvalue weighted by Gasteiger charge is 2.58. The molecule has 0 radical (unpaired) electrons. The molecule has 0 heterocycles. The Bertz CT molecular complexity index is 516. The van der Waals surface area contributed by atoms with Crippen molar-refractivity contribution in [3.63, 3.8) is 0 Å². The van der Waals surface area contributed by atoms with Crippen molar-refractivity contribution in [2.24, 2.45) is 40.9 Å². The van der Waals surface area contributed by atoms with Crippen LogP contribution in [0.3, 0.4) is 0 Å². The summed E-state index contributed by atoms with van der Waals surface area (Å²) in [6, 6.07) is 0. The third-order valence-corrected chi connectivity index (χ3v) is 9.31. The number of carbonyl (C=O) groups is 1. The van der Waals surface area contributed by atoms with Gasteiger partial charge in [-0.05, 0) is 99.7 Å². The number of Topliss-reactive ketones (excluding diaryl/α,β-unsaturated/α-hetero) is 1. The van der Waals surface area contributed by atoms with Gasteiger partial charge in [-0.3, -0.25) is 4.79 Å². The summed E-state index contributed by atoms with van der Waals surface area (Å²) in [5.74, 6) is 4.83. The molecule has 4 aliphatic carbocycles. The fourth-order valence-electron chi connectivity index (χ4n) is 7.70. The van der Waals surface area contributed by atoms with E-state index in [2.05, 4.69) is 22.9 Å². The first-order valence-corrected chi connectivity index (χ1v) is 11.3. The zero-order chi connectivity index (χ0) is 17.1. The van der Waals surface area contributed by atoms with Gasteiger partial charge in [-0.15, -0.1) is 0 Å². The number of fused-ring (bicyclic) bond motifs is 5. The lowest BCUT2D eigenvalue weighted by Crippen LogP contribution is -2.51. The van der Waals surface area contributed by atoms with Crippen LogP contribution in [0, 0.1) is 40.9 Å². The molecule has 0 amide bonds. The third-order valence-electron chi connectivity index (χ3n) is 8.76. The minimum atomic E-state index is -0.419. The van der Waals surface area contributed by atoms with Crippen molar-refractivity contribution in [2.75, 3.05) is 5.33 Å². The van der Waals surface area contributed by atoms with Crippen LogP contribution in [0.15, 0.2) is 0 Å². The molecular weight excluding hydrogens is 364 g/mol. The summed E-state index contributed by atoms with van der Waals surface area (Å²) in [7, 11) is 0. The van der Waals surface area contributed by atoms with Crippen LogP contribution >= 0.6 is 15.9 Å². The lowest BCUT2D eigenvalue weighted by molar-refractivity contribution is -0.129. The van der Waals surface area contributed by atoms with E-state index in [1.54, 1.807) is 0 Å². The highest BCUT2D eigenvalue weighted by Crippen LogP contribution is 2.64. The molecule has 0 aromatic rings. The molecule has 24 heavy (non-hydrogen) atoms. The molecule has 4 rings (SSSR count). The van der Waals surface area contributed by atoms with Crippen molar-refractivity contribution in [3.8, 4) is 0 Å². The fourth-order valence-corrected chi connectivity index (χ4v) is 8.09. The number of alkyl halides is 1. The van der Waals surface area contributed by atoms with Gasteiger partial charge in [-0.1, -0.05) is 22.9 Å². The maximum absolute atomic E-state index is 12.5. The van der Waals surface area contributed by atoms with Crippen LogP contribution in [0.25, 0.3) is 0 Å². The molecule has 6 unspecified atom stereocenters. The Morgan fingerprint density at radius 2 is 1.75 bits per heavy atom. The number of carbonyl (C=O) groups excluding carboxylic acids is 1. The fraction of sp³-hybridized carbons (Fsp3) is 0.952. The molecule has 3 heteroatoms. The molecular formula is C21H33BrO2. The molecule has 2 nitrogen and oxygen atoms in total. The second kappa shape index (κ2) is 6.08. The SMILES string of the molecule is C[C@@]1(O)CCC2C(CCC3C2CC[C@]2(C)C(C(=O)CBr)CCC32)C1. The predicted molar refractivity (Wildman–Crippen MR) is 100 cm³/mol. The van der Waals surface area contributed by atoms with E-state index in [1.807, 2.05) is 6.92 Å². The lowest BCUT2D eigenvalue weighted by atomic mass is 9.49. The van der Waals surface area contributed by atoms with Gasteiger partial charge in [-0.25, -0.2) is 0 Å². The topological polar surface area (TPSA) is 37.3 Å². The van der Waals surface area contributed by atoms with E-state index in [1.165, 1.54) is 38.5 Å². The van der Waals surface area contributed by atoms with Crippen molar-refractivity contribution in [3.05, 3.63) is 0 Å². The van der Waals surface area contributed by atoms with E-state index < -0.39 is 5.60 Å². The molecule has 0 saturated heterocycles. The molecule has 0 aromatic heterocycles. The Morgan fingerprint density at radius 1 is 1.00 bits per heavy atom. The molecule has 0 bridgehead atoms. The number of hydrogen-bond acceptors (Lipinski definition) is 2. The van der Waals surface area contributed by atoms with Crippen molar-refractivity contribution < 1.29 is 9.90 Å². The summed E-state index contributed by atoms with van der Waals surface area (Å²) in [5.41, 5.74) is -0.156. The summed E-state index contributed by atoms with van der Waals surface area (Å²) in [5, 5.41) is 11.0. The molecule has 1 N–H and O–H groups in total. The van der Waals surface area contributed by atoms with Gasteiger partial charge in [0, 0.05) is 5.92 Å². The van der Waals surface area contributed by atoms with Gasteiger partial charge in [0.05, 0.1) is 10.9 Å². The van der Waals surface area contributed by atoms with Crippen molar-refractivity contribution >= 4 is 21.7 Å². The molecule has 136 valence electrons. The van der Waals surface area contributed by atoms with Gasteiger partial charge in [0.15, 0.2) is 0 Å². The first-order valence-electron chi connectivity index (χ1n) is 10.2. The van der Waals surface area contributed by atoms with Crippen molar-refractivity contribution in [1.82, 2.24) is 0 Å². The van der Waals surface area contributed by atoms with Crippen LogP contribution in [-0.2, 0) is 4.79 Å². The zero-order valence-corrected chi connectivity index (χ0v) is 16.9. The molecule has 8 atom stereocenters. The third kappa shape index (κ3) is 2.64. The van der Waals surface area contributed by atoms with E-state index in [9.17, 15) is 9.90 Å². The Balaban J connectivity index is 1.54. The first kappa shape index (κ1) is 17.5. The maximum atomic E-state index is 12.5. The normalized spacial score (nSPS) is 53.8. The number of ketones is 1. The number of rotatable bonds is 2. The predicted octanol–water partition coefficient (Wildman–Crippen LogP) is 4.97. The smallest absolute Gasteiger partial charge is 0.147 e. The number of halogens is 1. The largest absolute Gasteiger partial charge is 0.390 e. The van der Waals surface area contributed by atoms with Crippen LogP contribution in [0.1, 0.15) is 71.6 Å². The van der Waals surface area contributed by atoms with Crippen LogP contribution in [0.5, 0.6) is 0 Å². The second-order valence-electron chi connectivity index (χ2n) is 9.95. The summed E-state index contributed by atoms with van der Waals surface area (Å²) < 4.78 is 0. The summed E-state index contributed by atoms with van der Waals surface area (Å²) in [6.45, 7) is 4.48. The van der Waals surface area contributed by atoms with E-state index in [4.69, 9.17) is 0 Å². The van der Waals surface area contributed by atoms with E-state index >= 15 is 0 Å². The van der Waals surface area contributed by atoms with Crippen molar-refractivity contribution in [2.45, 2.75) is 77.2 Å². The molecule has 0 spiro atoms. The van der Waals surface area contributed by atoms with Crippen LogP contribution < -0.4 is 0 Å². The van der Waals surface area contributed by atoms with Gasteiger partial charge in [-0.2, -0.15) is 0 Å².